The maximum atomic E-state index is 14.0. The first-order valence-electron chi connectivity index (χ1n) is 10.4. The first kappa shape index (κ1) is 24.4. The van der Waals surface area contributed by atoms with Gasteiger partial charge in [-0.1, -0.05) is 18.3 Å². The number of carbonyl (C=O) groups is 1. The lowest BCUT2D eigenvalue weighted by Crippen LogP contribution is -2.39. The minimum absolute atomic E-state index is 0.0107. The van der Waals surface area contributed by atoms with Crippen LogP contribution in [0.25, 0.3) is 0 Å². The van der Waals surface area contributed by atoms with Crippen LogP contribution in [0, 0.1) is 5.82 Å². The molecule has 0 fully saturated rings. The number of aliphatic hydroxyl groups is 1. The molecule has 0 spiro atoms. The Labute approximate surface area is 197 Å². The summed E-state index contributed by atoms with van der Waals surface area (Å²) in [6, 6.07) is 6.21. The van der Waals surface area contributed by atoms with Gasteiger partial charge in [0, 0.05) is 37.0 Å². The predicted molar refractivity (Wildman–Crippen MR) is 127 cm³/mol. The zero-order chi connectivity index (χ0) is 24.0. The molecule has 1 aliphatic heterocycles. The highest BCUT2D eigenvalue weighted by molar-refractivity contribution is 7.81. The molecule has 33 heavy (non-hydrogen) atoms. The molecule has 1 aliphatic rings. The van der Waals surface area contributed by atoms with Gasteiger partial charge >= 0.3 is 0 Å². The second kappa shape index (κ2) is 10.6. The summed E-state index contributed by atoms with van der Waals surface area (Å²) in [6.07, 6.45) is 3.75. The number of benzene rings is 1. The van der Waals surface area contributed by atoms with Crippen molar-refractivity contribution in [3.05, 3.63) is 59.3 Å². The number of amides is 1. The number of halogens is 1. The molecule has 0 unspecified atom stereocenters. The Hall–Kier alpha value is -3.24. The highest BCUT2D eigenvalue weighted by atomic mass is 32.1. The lowest BCUT2D eigenvalue weighted by Gasteiger charge is -2.24. The summed E-state index contributed by atoms with van der Waals surface area (Å²) in [7, 11) is 1.36. The summed E-state index contributed by atoms with van der Waals surface area (Å²) in [5.41, 5.74) is 1.06. The highest BCUT2D eigenvalue weighted by Gasteiger charge is 2.25. The van der Waals surface area contributed by atoms with E-state index in [1.807, 2.05) is 0 Å². The Morgan fingerprint density at radius 1 is 1.36 bits per heavy atom. The van der Waals surface area contributed by atoms with Crippen molar-refractivity contribution < 1.29 is 23.8 Å². The number of hydrogen-bond acceptors (Lipinski definition) is 7. The van der Waals surface area contributed by atoms with Gasteiger partial charge in [-0.15, -0.1) is 0 Å². The maximum Gasteiger partial charge on any atom is 0.256 e. The van der Waals surface area contributed by atoms with E-state index in [9.17, 15) is 14.3 Å². The zero-order valence-electron chi connectivity index (χ0n) is 18.7. The number of nitrogens with zero attached hydrogens (tertiary/aromatic N) is 1. The number of aromatic nitrogens is 1. The first-order valence-corrected chi connectivity index (χ1v) is 10.8. The second-order valence-electron chi connectivity index (χ2n) is 8.07. The molecule has 2 aromatic rings. The Balaban J connectivity index is 1.81. The molecule has 2 heterocycles. The molecule has 1 amide bonds. The number of nitrogens with one attached hydrogen (secondary N) is 3. The lowest BCUT2D eigenvalue weighted by atomic mass is 10.1. The van der Waals surface area contributed by atoms with Crippen molar-refractivity contribution in [2.45, 2.75) is 32.4 Å². The fraction of sp³-hybridized carbons (Fsp3) is 0.348. The highest BCUT2D eigenvalue weighted by Crippen LogP contribution is 2.28. The van der Waals surface area contributed by atoms with E-state index in [1.54, 1.807) is 38.4 Å². The van der Waals surface area contributed by atoms with E-state index in [-0.39, 0.29) is 28.8 Å². The normalized spacial score (nSPS) is 13.9. The van der Waals surface area contributed by atoms with E-state index < -0.39 is 11.4 Å². The van der Waals surface area contributed by atoms with E-state index in [1.165, 1.54) is 19.2 Å². The molecule has 1 aromatic heterocycles. The molecule has 8 nitrogen and oxygen atoms in total. The minimum Gasteiger partial charge on any atom is -0.492 e. The smallest absolute Gasteiger partial charge is 0.256 e. The molecule has 10 heteroatoms. The predicted octanol–water partition coefficient (Wildman–Crippen LogP) is 2.68. The molecule has 3 rings (SSSR count). The molecule has 0 saturated heterocycles. The average molecular weight is 475 g/mol. The van der Waals surface area contributed by atoms with Crippen LogP contribution in [-0.2, 0) is 11.3 Å². The summed E-state index contributed by atoms with van der Waals surface area (Å²) in [5, 5.41) is 18.9. The molecular weight excluding hydrogens is 447 g/mol. The number of ether oxygens (including phenoxy) is 2. The molecule has 0 saturated carbocycles. The molecular formula is C23H27FN4O4S. The number of para-hydroxylation sites is 1. The van der Waals surface area contributed by atoms with Gasteiger partial charge in [-0.3, -0.25) is 9.78 Å². The Morgan fingerprint density at radius 2 is 2.15 bits per heavy atom. The molecule has 1 aromatic carbocycles. The Bertz CT molecular complexity index is 1070. The van der Waals surface area contributed by atoms with Crippen LogP contribution in [0.15, 0.2) is 47.9 Å². The topological polar surface area (TPSA) is 105 Å². The van der Waals surface area contributed by atoms with E-state index in [4.69, 9.17) is 21.7 Å². The van der Waals surface area contributed by atoms with Gasteiger partial charge < -0.3 is 30.5 Å². The zero-order valence-corrected chi connectivity index (χ0v) is 19.5. The fourth-order valence-corrected chi connectivity index (χ4v) is 3.53. The van der Waals surface area contributed by atoms with Crippen LogP contribution in [0.3, 0.4) is 0 Å². The number of methoxy groups -OCH3 is 1. The Kier molecular flexibility index (Phi) is 7.83. The van der Waals surface area contributed by atoms with Crippen molar-refractivity contribution in [2.75, 3.05) is 25.6 Å². The third-order valence-corrected chi connectivity index (χ3v) is 5.09. The second-order valence-corrected chi connectivity index (χ2v) is 8.48. The first-order chi connectivity index (χ1) is 15.7. The SMILES string of the molecule is COc1c(F)cccc1NC(=S)C1=C(NCc2ccncc2OCC(C)(C)O)CCNC1=O. The van der Waals surface area contributed by atoms with Crippen LogP contribution in [0.5, 0.6) is 11.5 Å². The van der Waals surface area contributed by atoms with Gasteiger partial charge in [0.05, 0.1) is 30.2 Å². The lowest BCUT2D eigenvalue weighted by molar-refractivity contribution is -0.117. The van der Waals surface area contributed by atoms with Crippen molar-refractivity contribution in [1.29, 1.82) is 0 Å². The molecule has 0 radical (unpaired) electrons. The number of hydrogen-bond donors (Lipinski definition) is 4. The van der Waals surface area contributed by atoms with E-state index in [2.05, 4.69) is 20.9 Å². The fourth-order valence-electron chi connectivity index (χ4n) is 3.21. The number of thiocarbonyl (C=S) groups is 1. The van der Waals surface area contributed by atoms with Crippen LogP contribution < -0.4 is 25.4 Å². The maximum absolute atomic E-state index is 14.0. The van der Waals surface area contributed by atoms with Crippen LogP contribution >= 0.6 is 12.2 Å². The van der Waals surface area contributed by atoms with Crippen molar-refractivity contribution in [3.8, 4) is 11.5 Å². The molecule has 0 bridgehead atoms. The van der Waals surface area contributed by atoms with Gasteiger partial charge in [0.25, 0.3) is 5.91 Å². The summed E-state index contributed by atoms with van der Waals surface area (Å²) in [5.74, 6) is -0.330. The van der Waals surface area contributed by atoms with Crippen LogP contribution in [0.1, 0.15) is 25.8 Å². The molecule has 176 valence electrons. The van der Waals surface area contributed by atoms with E-state index >= 15 is 0 Å². The third-order valence-electron chi connectivity index (χ3n) is 4.78. The Morgan fingerprint density at radius 3 is 2.88 bits per heavy atom. The quantitative estimate of drug-likeness (QED) is 0.411. The van der Waals surface area contributed by atoms with Gasteiger partial charge in [-0.2, -0.15) is 0 Å². The summed E-state index contributed by atoms with van der Waals surface area (Å²) in [6.45, 7) is 4.21. The molecule has 0 atom stereocenters. The summed E-state index contributed by atoms with van der Waals surface area (Å²) in [4.78, 5) is 16.9. The standard InChI is InChI=1S/C23H27FN4O4S/c1-23(2,30)13-32-18-12-25-9-7-14(18)11-27-16-8-10-26-21(29)19(16)22(33)28-17-6-4-5-15(24)20(17)31-3/h4-7,9,12,27,30H,8,10-11,13H2,1-3H3,(H,26,29)(H,28,33). The number of pyridine rings is 1. The van der Waals surface area contributed by atoms with Gasteiger partial charge in [-0.05, 0) is 32.0 Å². The number of anilines is 1. The van der Waals surface area contributed by atoms with Gasteiger partial charge in [-0.25, -0.2) is 4.39 Å². The van der Waals surface area contributed by atoms with Gasteiger partial charge in [0.2, 0.25) is 0 Å². The van der Waals surface area contributed by atoms with Gasteiger partial charge in [0.1, 0.15) is 17.3 Å². The van der Waals surface area contributed by atoms with Crippen LogP contribution in [0.2, 0.25) is 0 Å². The van der Waals surface area contributed by atoms with Crippen molar-refractivity contribution >= 4 is 28.8 Å². The van der Waals surface area contributed by atoms with E-state index in [0.717, 1.165) is 5.56 Å². The van der Waals surface area contributed by atoms with Crippen LogP contribution in [-0.4, -0.2) is 46.8 Å². The van der Waals surface area contributed by atoms with Crippen molar-refractivity contribution in [1.82, 2.24) is 15.6 Å². The number of carbonyl (C=O) groups excluding carboxylic acids is 1. The number of rotatable bonds is 9. The van der Waals surface area contributed by atoms with Crippen LogP contribution in [0.4, 0.5) is 10.1 Å². The largest absolute Gasteiger partial charge is 0.492 e. The van der Waals surface area contributed by atoms with Crippen molar-refractivity contribution in [3.63, 3.8) is 0 Å². The monoisotopic (exact) mass is 474 g/mol. The summed E-state index contributed by atoms with van der Waals surface area (Å²) < 4.78 is 24.9. The van der Waals surface area contributed by atoms with Gasteiger partial charge in [0.15, 0.2) is 11.6 Å². The van der Waals surface area contributed by atoms with E-state index in [0.29, 0.717) is 36.6 Å². The molecule has 0 aliphatic carbocycles. The third kappa shape index (κ3) is 6.39. The summed E-state index contributed by atoms with van der Waals surface area (Å²) >= 11 is 5.49. The average Bonchev–Trinajstić information content (AvgIpc) is 2.76. The van der Waals surface area contributed by atoms with Crippen molar-refractivity contribution in [2.24, 2.45) is 0 Å². The minimum atomic E-state index is -0.993. The molecule has 4 N–H and O–H groups in total.